The summed E-state index contributed by atoms with van der Waals surface area (Å²) in [6.07, 6.45) is 0. The first-order valence-electron chi connectivity index (χ1n) is 5.29. The molecule has 2 aromatic rings. The number of rotatable bonds is 2. The topological polar surface area (TPSA) is 55.1 Å². The Hall–Kier alpha value is -2.14. The normalized spacial score (nSPS) is 10.3. The van der Waals surface area contributed by atoms with Gasteiger partial charge in [-0.05, 0) is 36.4 Å². The van der Waals surface area contributed by atoms with E-state index in [1.165, 1.54) is 12.1 Å². The molecule has 3 nitrogen and oxygen atoms in total. The summed E-state index contributed by atoms with van der Waals surface area (Å²) in [5.74, 6) is -2.32. The minimum absolute atomic E-state index is 0.237. The molecule has 0 spiro atoms. The van der Waals surface area contributed by atoms with Crippen molar-refractivity contribution in [1.29, 1.82) is 0 Å². The van der Waals surface area contributed by atoms with Crippen LogP contribution in [0.1, 0.15) is 10.4 Å². The molecule has 0 bridgehead atoms. The SMILES string of the molecule is Nc1ccc(Cl)cc1NC(=O)c1cc(F)ccc1F. The highest BCUT2D eigenvalue weighted by Gasteiger charge is 2.14. The maximum Gasteiger partial charge on any atom is 0.258 e. The lowest BCUT2D eigenvalue weighted by atomic mass is 10.2. The van der Waals surface area contributed by atoms with Crippen molar-refractivity contribution in [3.05, 3.63) is 58.6 Å². The number of carbonyl (C=O) groups excluding carboxylic acids is 1. The number of benzene rings is 2. The lowest BCUT2D eigenvalue weighted by Crippen LogP contribution is -2.15. The minimum Gasteiger partial charge on any atom is -0.397 e. The molecule has 2 aromatic carbocycles. The number of hydrogen-bond donors (Lipinski definition) is 2. The number of amides is 1. The molecule has 0 radical (unpaired) electrons. The maximum atomic E-state index is 13.4. The fourth-order valence-electron chi connectivity index (χ4n) is 1.50. The highest BCUT2D eigenvalue weighted by molar-refractivity contribution is 6.31. The van der Waals surface area contributed by atoms with Gasteiger partial charge in [-0.2, -0.15) is 0 Å². The van der Waals surface area contributed by atoms with Crippen molar-refractivity contribution in [1.82, 2.24) is 0 Å². The van der Waals surface area contributed by atoms with Gasteiger partial charge in [-0.25, -0.2) is 8.78 Å². The van der Waals surface area contributed by atoms with Gasteiger partial charge in [0.05, 0.1) is 16.9 Å². The highest BCUT2D eigenvalue weighted by atomic mass is 35.5. The fraction of sp³-hybridized carbons (Fsp3) is 0. The monoisotopic (exact) mass is 282 g/mol. The molecule has 0 unspecified atom stereocenters. The quantitative estimate of drug-likeness (QED) is 0.829. The molecule has 0 saturated heterocycles. The van der Waals surface area contributed by atoms with Gasteiger partial charge >= 0.3 is 0 Å². The molecule has 0 fully saturated rings. The molecular formula is C13H9ClF2N2O. The van der Waals surface area contributed by atoms with Crippen LogP contribution in [0, 0.1) is 11.6 Å². The van der Waals surface area contributed by atoms with E-state index in [-0.39, 0.29) is 11.4 Å². The molecule has 0 atom stereocenters. The molecule has 19 heavy (non-hydrogen) atoms. The molecule has 0 aromatic heterocycles. The number of hydrogen-bond acceptors (Lipinski definition) is 2. The number of halogens is 3. The predicted octanol–water partition coefficient (Wildman–Crippen LogP) is 3.45. The standard InChI is InChI=1S/C13H9ClF2N2O/c14-7-1-4-11(17)12(5-7)18-13(19)9-6-8(15)2-3-10(9)16/h1-6H,17H2,(H,18,19). The van der Waals surface area contributed by atoms with Gasteiger partial charge in [0, 0.05) is 5.02 Å². The van der Waals surface area contributed by atoms with Crippen LogP contribution in [0.25, 0.3) is 0 Å². The first-order chi connectivity index (χ1) is 8.97. The number of nitrogens with two attached hydrogens (primary N) is 1. The van der Waals surface area contributed by atoms with Crippen molar-refractivity contribution in [2.75, 3.05) is 11.1 Å². The van der Waals surface area contributed by atoms with Gasteiger partial charge in [0.15, 0.2) is 0 Å². The third-order valence-electron chi connectivity index (χ3n) is 2.44. The van der Waals surface area contributed by atoms with Crippen LogP contribution in [-0.4, -0.2) is 5.91 Å². The van der Waals surface area contributed by atoms with E-state index < -0.39 is 23.1 Å². The molecule has 3 N–H and O–H groups in total. The van der Waals surface area contributed by atoms with Crippen LogP contribution < -0.4 is 11.1 Å². The van der Waals surface area contributed by atoms with Gasteiger partial charge in [0.2, 0.25) is 0 Å². The number of anilines is 2. The molecule has 0 heterocycles. The Balaban J connectivity index is 2.30. The largest absolute Gasteiger partial charge is 0.397 e. The van der Waals surface area contributed by atoms with Gasteiger partial charge in [-0.3, -0.25) is 4.79 Å². The summed E-state index contributed by atoms with van der Waals surface area (Å²) in [6, 6.07) is 7.10. The van der Waals surface area contributed by atoms with Gasteiger partial charge < -0.3 is 11.1 Å². The lowest BCUT2D eigenvalue weighted by Gasteiger charge is -2.09. The van der Waals surface area contributed by atoms with Gasteiger partial charge in [-0.15, -0.1) is 0 Å². The minimum atomic E-state index is -0.820. The van der Waals surface area contributed by atoms with Gasteiger partial charge in [0.1, 0.15) is 11.6 Å². The third-order valence-corrected chi connectivity index (χ3v) is 2.67. The van der Waals surface area contributed by atoms with Crippen molar-refractivity contribution in [3.8, 4) is 0 Å². The smallest absolute Gasteiger partial charge is 0.258 e. The Morgan fingerprint density at radius 3 is 2.63 bits per heavy atom. The lowest BCUT2D eigenvalue weighted by molar-refractivity contribution is 0.102. The van der Waals surface area contributed by atoms with E-state index >= 15 is 0 Å². The summed E-state index contributed by atoms with van der Waals surface area (Å²) in [6.45, 7) is 0. The second kappa shape index (κ2) is 5.24. The summed E-state index contributed by atoms with van der Waals surface area (Å²) < 4.78 is 26.4. The second-order valence-corrected chi connectivity index (χ2v) is 4.25. The first-order valence-corrected chi connectivity index (χ1v) is 5.66. The molecule has 6 heteroatoms. The van der Waals surface area contributed by atoms with Crippen LogP contribution in [0.2, 0.25) is 5.02 Å². The van der Waals surface area contributed by atoms with E-state index in [0.29, 0.717) is 5.02 Å². The summed E-state index contributed by atoms with van der Waals surface area (Å²) in [5.41, 5.74) is 5.75. The second-order valence-electron chi connectivity index (χ2n) is 3.81. The highest BCUT2D eigenvalue weighted by Crippen LogP contribution is 2.24. The van der Waals surface area contributed by atoms with E-state index in [1.807, 2.05) is 0 Å². The Morgan fingerprint density at radius 1 is 1.16 bits per heavy atom. The zero-order valence-electron chi connectivity index (χ0n) is 9.58. The number of carbonyl (C=O) groups is 1. The van der Waals surface area contributed by atoms with Crippen molar-refractivity contribution in [2.24, 2.45) is 0 Å². The molecule has 0 saturated carbocycles. The average molecular weight is 283 g/mol. The van der Waals surface area contributed by atoms with E-state index in [0.717, 1.165) is 18.2 Å². The summed E-state index contributed by atoms with van der Waals surface area (Å²) in [5, 5.41) is 2.75. The predicted molar refractivity (Wildman–Crippen MR) is 70.2 cm³/mol. The summed E-state index contributed by atoms with van der Waals surface area (Å²) in [4.78, 5) is 11.8. The van der Waals surface area contributed by atoms with Crippen molar-refractivity contribution < 1.29 is 13.6 Å². The summed E-state index contributed by atoms with van der Waals surface area (Å²) in [7, 11) is 0. The third kappa shape index (κ3) is 3.00. The van der Waals surface area contributed by atoms with E-state index in [9.17, 15) is 13.6 Å². The zero-order valence-corrected chi connectivity index (χ0v) is 10.3. The molecule has 98 valence electrons. The average Bonchev–Trinajstić information content (AvgIpc) is 2.36. The molecule has 0 aliphatic heterocycles. The van der Waals surface area contributed by atoms with E-state index in [1.54, 1.807) is 6.07 Å². The molecule has 0 aliphatic carbocycles. The molecule has 1 amide bonds. The maximum absolute atomic E-state index is 13.4. The van der Waals surface area contributed by atoms with E-state index in [2.05, 4.69) is 5.32 Å². The van der Waals surface area contributed by atoms with Crippen LogP contribution in [0.3, 0.4) is 0 Å². The molecule has 2 rings (SSSR count). The van der Waals surface area contributed by atoms with Crippen LogP contribution in [0.4, 0.5) is 20.2 Å². The van der Waals surface area contributed by atoms with Crippen molar-refractivity contribution >= 4 is 28.9 Å². The van der Waals surface area contributed by atoms with Gasteiger partial charge in [0.25, 0.3) is 5.91 Å². The Morgan fingerprint density at radius 2 is 1.89 bits per heavy atom. The van der Waals surface area contributed by atoms with E-state index in [4.69, 9.17) is 17.3 Å². The molecular weight excluding hydrogens is 274 g/mol. The Bertz CT molecular complexity index is 647. The van der Waals surface area contributed by atoms with Crippen LogP contribution in [0.5, 0.6) is 0 Å². The van der Waals surface area contributed by atoms with Crippen LogP contribution in [-0.2, 0) is 0 Å². The molecule has 0 aliphatic rings. The van der Waals surface area contributed by atoms with Crippen LogP contribution >= 0.6 is 11.6 Å². The van der Waals surface area contributed by atoms with Crippen molar-refractivity contribution in [2.45, 2.75) is 0 Å². The number of nitrogens with one attached hydrogen (secondary N) is 1. The Labute approximate surface area is 113 Å². The fourth-order valence-corrected chi connectivity index (χ4v) is 1.67. The Kier molecular flexibility index (Phi) is 3.66. The first kappa shape index (κ1) is 13.3. The van der Waals surface area contributed by atoms with Crippen molar-refractivity contribution in [3.63, 3.8) is 0 Å². The van der Waals surface area contributed by atoms with Crippen LogP contribution in [0.15, 0.2) is 36.4 Å². The zero-order chi connectivity index (χ0) is 14.0. The number of nitrogen functional groups attached to an aromatic ring is 1. The summed E-state index contributed by atoms with van der Waals surface area (Å²) >= 11 is 5.76. The van der Waals surface area contributed by atoms with Gasteiger partial charge in [-0.1, -0.05) is 11.6 Å².